The van der Waals surface area contributed by atoms with E-state index in [1.807, 2.05) is 0 Å². The summed E-state index contributed by atoms with van der Waals surface area (Å²) in [4.78, 5) is 10.6. The summed E-state index contributed by atoms with van der Waals surface area (Å²) in [7, 11) is 0. The molecular weight excluding hydrogens is 236 g/mol. The van der Waals surface area contributed by atoms with Crippen LogP contribution in [0.15, 0.2) is 12.1 Å². The first-order chi connectivity index (χ1) is 7.88. The molecule has 0 aromatic heterocycles. The second kappa shape index (κ2) is 4.86. The molecular formula is C10H7F2NO4. The van der Waals surface area contributed by atoms with Crippen LogP contribution in [0.25, 0.3) is 0 Å². The van der Waals surface area contributed by atoms with Crippen LogP contribution in [-0.2, 0) is 0 Å². The topological polar surface area (TPSA) is 102 Å². The third kappa shape index (κ3) is 2.55. The molecule has 0 amide bonds. The largest absolute Gasteiger partial charge is 0.478 e. The quantitative estimate of drug-likeness (QED) is 0.674. The highest BCUT2D eigenvalue weighted by Crippen LogP contribution is 2.23. The van der Waals surface area contributed by atoms with E-state index in [1.54, 1.807) is 0 Å². The lowest BCUT2D eigenvalue weighted by Gasteiger charge is -2.13. The van der Waals surface area contributed by atoms with E-state index < -0.39 is 40.9 Å². The van der Waals surface area contributed by atoms with Crippen molar-refractivity contribution in [2.45, 2.75) is 12.2 Å². The van der Waals surface area contributed by atoms with Gasteiger partial charge >= 0.3 is 5.97 Å². The molecule has 1 aromatic rings. The molecule has 7 heteroatoms. The van der Waals surface area contributed by atoms with Crippen molar-refractivity contribution < 1.29 is 28.9 Å². The minimum Gasteiger partial charge on any atom is -0.478 e. The van der Waals surface area contributed by atoms with Gasteiger partial charge in [0.2, 0.25) is 0 Å². The van der Waals surface area contributed by atoms with Crippen LogP contribution >= 0.6 is 0 Å². The zero-order valence-electron chi connectivity index (χ0n) is 8.26. The fourth-order valence-corrected chi connectivity index (χ4v) is 1.20. The first-order valence-corrected chi connectivity index (χ1v) is 4.36. The number of hydrogen-bond donors (Lipinski definition) is 3. The lowest BCUT2D eigenvalue weighted by Crippen LogP contribution is -2.18. The lowest BCUT2D eigenvalue weighted by molar-refractivity contribution is 0.0499. The number of aliphatic hydroxyl groups is 2. The van der Waals surface area contributed by atoms with Crippen LogP contribution < -0.4 is 0 Å². The van der Waals surface area contributed by atoms with Gasteiger partial charge < -0.3 is 15.3 Å². The number of carboxylic acids is 1. The second-order valence-corrected chi connectivity index (χ2v) is 3.18. The number of aromatic carboxylic acids is 1. The third-order valence-corrected chi connectivity index (χ3v) is 2.07. The van der Waals surface area contributed by atoms with Crippen LogP contribution in [0.5, 0.6) is 0 Å². The Bertz CT molecular complexity index is 498. The van der Waals surface area contributed by atoms with Crippen LogP contribution in [0.3, 0.4) is 0 Å². The van der Waals surface area contributed by atoms with Crippen molar-refractivity contribution in [1.82, 2.24) is 0 Å². The van der Waals surface area contributed by atoms with Crippen molar-refractivity contribution in [1.29, 1.82) is 5.26 Å². The minimum atomic E-state index is -1.95. The zero-order valence-corrected chi connectivity index (χ0v) is 8.26. The van der Waals surface area contributed by atoms with Gasteiger partial charge in [0.25, 0.3) is 0 Å². The first kappa shape index (κ1) is 13.0. The fourth-order valence-electron chi connectivity index (χ4n) is 1.20. The summed E-state index contributed by atoms with van der Waals surface area (Å²) in [5.41, 5.74) is -1.51. The molecule has 2 unspecified atom stereocenters. The maximum Gasteiger partial charge on any atom is 0.338 e. The SMILES string of the molecule is N#CC(O)C(O)c1cc(C(=O)O)c(F)cc1F. The summed E-state index contributed by atoms with van der Waals surface area (Å²) in [5, 5.41) is 35.2. The summed E-state index contributed by atoms with van der Waals surface area (Å²) in [6.45, 7) is 0. The van der Waals surface area contributed by atoms with E-state index in [2.05, 4.69) is 0 Å². The minimum absolute atomic E-state index is 0.270. The van der Waals surface area contributed by atoms with Gasteiger partial charge in [-0.1, -0.05) is 0 Å². The predicted octanol–water partition coefficient (Wildman–Crippen LogP) is 0.581. The Labute approximate surface area is 94.2 Å². The molecule has 17 heavy (non-hydrogen) atoms. The monoisotopic (exact) mass is 243 g/mol. The zero-order chi connectivity index (χ0) is 13.2. The highest BCUT2D eigenvalue weighted by atomic mass is 19.1. The van der Waals surface area contributed by atoms with Gasteiger partial charge in [-0.3, -0.25) is 0 Å². The molecule has 0 bridgehead atoms. The maximum absolute atomic E-state index is 13.2. The Morgan fingerprint density at radius 2 is 1.88 bits per heavy atom. The van der Waals surface area contributed by atoms with E-state index >= 15 is 0 Å². The Kier molecular flexibility index (Phi) is 3.73. The van der Waals surface area contributed by atoms with Crippen molar-refractivity contribution in [2.75, 3.05) is 0 Å². The molecule has 0 aliphatic rings. The molecule has 3 N–H and O–H groups in total. The average Bonchev–Trinajstić information content (AvgIpc) is 2.26. The molecule has 0 radical (unpaired) electrons. The van der Waals surface area contributed by atoms with Crippen molar-refractivity contribution in [2.24, 2.45) is 0 Å². The van der Waals surface area contributed by atoms with E-state index in [-0.39, 0.29) is 6.07 Å². The second-order valence-electron chi connectivity index (χ2n) is 3.18. The summed E-state index contributed by atoms with van der Waals surface area (Å²) >= 11 is 0. The number of nitrogens with zero attached hydrogens (tertiary/aromatic N) is 1. The molecule has 0 aliphatic carbocycles. The van der Waals surface area contributed by atoms with Crippen molar-refractivity contribution in [3.8, 4) is 6.07 Å². The highest BCUT2D eigenvalue weighted by molar-refractivity contribution is 5.88. The van der Waals surface area contributed by atoms with E-state index in [9.17, 15) is 18.7 Å². The first-order valence-electron chi connectivity index (χ1n) is 4.36. The normalized spacial score (nSPS) is 13.8. The smallest absolute Gasteiger partial charge is 0.338 e. The van der Waals surface area contributed by atoms with E-state index in [0.717, 1.165) is 0 Å². The number of halogens is 2. The van der Waals surface area contributed by atoms with Gasteiger partial charge in [0, 0.05) is 11.6 Å². The van der Waals surface area contributed by atoms with Crippen LogP contribution in [0.1, 0.15) is 22.0 Å². The van der Waals surface area contributed by atoms with Gasteiger partial charge in [0.1, 0.15) is 17.7 Å². The number of carbonyl (C=O) groups is 1. The standard InChI is InChI=1S/C10H7F2NO4/c11-6-2-7(12)5(10(16)17)1-4(6)9(15)8(14)3-13/h1-2,8-9,14-15H,(H,16,17). The Morgan fingerprint density at radius 3 is 2.35 bits per heavy atom. The number of aliphatic hydroxyl groups excluding tert-OH is 2. The van der Waals surface area contributed by atoms with Gasteiger partial charge in [0.05, 0.1) is 11.6 Å². The molecule has 5 nitrogen and oxygen atoms in total. The van der Waals surface area contributed by atoms with Gasteiger partial charge in [-0.05, 0) is 6.07 Å². The van der Waals surface area contributed by atoms with Crippen molar-refractivity contribution in [3.63, 3.8) is 0 Å². The molecule has 90 valence electrons. The predicted molar refractivity (Wildman–Crippen MR) is 49.9 cm³/mol. The Hall–Kier alpha value is -2.04. The van der Waals surface area contributed by atoms with Gasteiger partial charge in [0.15, 0.2) is 6.10 Å². The third-order valence-electron chi connectivity index (χ3n) is 2.07. The van der Waals surface area contributed by atoms with Gasteiger partial charge in [-0.25, -0.2) is 13.6 Å². The van der Waals surface area contributed by atoms with Crippen molar-refractivity contribution >= 4 is 5.97 Å². The average molecular weight is 243 g/mol. The van der Waals surface area contributed by atoms with E-state index in [4.69, 9.17) is 15.5 Å². The molecule has 0 saturated carbocycles. The Morgan fingerprint density at radius 1 is 1.29 bits per heavy atom. The molecule has 0 spiro atoms. The summed E-state index contributed by atoms with van der Waals surface area (Å²) in [5.74, 6) is -4.20. The van der Waals surface area contributed by atoms with E-state index in [1.165, 1.54) is 6.07 Å². The van der Waals surface area contributed by atoms with E-state index in [0.29, 0.717) is 6.07 Å². The fraction of sp³-hybridized carbons (Fsp3) is 0.200. The number of hydrogen-bond acceptors (Lipinski definition) is 4. The van der Waals surface area contributed by atoms with Gasteiger partial charge in [-0.15, -0.1) is 0 Å². The van der Waals surface area contributed by atoms with Crippen LogP contribution in [0.2, 0.25) is 0 Å². The maximum atomic E-state index is 13.2. The lowest BCUT2D eigenvalue weighted by atomic mass is 10.0. The van der Waals surface area contributed by atoms with Crippen LogP contribution in [0, 0.1) is 23.0 Å². The number of carboxylic acid groups (broad SMARTS) is 1. The summed E-state index contributed by atoms with van der Waals surface area (Å²) in [6, 6.07) is 2.06. The highest BCUT2D eigenvalue weighted by Gasteiger charge is 2.24. The molecule has 0 aliphatic heterocycles. The van der Waals surface area contributed by atoms with Crippen LogP contribution in [0.4, 0.5) is 8.78 Å². The van der Waals surface area contributed by atoms with Crippen LogP contribution in [-0.4, -0.2) is 27.4 Å². The number of rotatable bonds is 3. The molecule has 0 heterocycles. The molecule has 2 atom stereocenters. The summed E-state index contributed by atoms with van der Waals surface area (Å²) < 4.78 is 26.2. The Balaban J connectivity index is 3.30. The number of benzene rings is 1. The van der Waals surface area contributed by atoms with Crippen molar-refractivity contribution in [3.05, 3.63) is 34.9 Å². The summed E-state index contributed by atoms with van der Waals surface area (Å²) in [6.07, 6.45) is -3.88. The number of nitriles is 1. The molecule has 1 aromatic carbocycles. The molecule has 1 rings (SSSR count). The molecule has 0 fully saturated rings. The van der Waals surface area contributed by atoms with Gasteiger partial charge in [-0.2, -0.15) is 5.26 Å². The molecule has 0 saturated heterocycles.